The lowest BCUT2D eigenvalue weighted by molar-refractivity contribution is 0.112. The molecule has 26 heteroatoms. The first-order chi connectivity index (χ1) is 50.3. The first-order valence-electron chi connectivity index (χ1n) is 34.8. The van der Waals surface area contributed by atoms with Gasteiger partial charge in [-0.05, 0) is 168 Å². The number of carbonyl (C=O) groups excluding carboxylic acids is 1. The van der Waals surface area contributed by atoms with Gasteiger partial charge in [-0.3, -0.25) is 27.6 Å². The van der Waals surface area contributed by atoms with Crippen molar-refractivity contribution < 1.29 is 86.7 Å². The molecule has 9 rings (SSSR count). The third kappa shape index (κ3) is 22.5. The summed E-state index contributed by atoms with van der Waals surface area (Å²) in [6, 6.07) is 63.2. The summed E-state index contributed by atoms with van der Waals surface area (Å²) in [7, 11) is -14.2. The lowest BCUT2D eigenvalue weighted by atomic mass is 9.99. The Kier molecular flexibility index (Phi) is 33.8. The number of benzene rings is 8. The molecular formula is C78H97N2O19P5. The van der Waals surface area contributed by atoms with Crippen LogP contribution in [-0.2, 0) is 74.2 Å². The van der Waals surface area contributed by atoms with Crippen LogP contribution in [0.4, 0.5) is 0 Å². The van der Waals surface area contributed by atoms with Crippen molar-refractivity contribution in [2.75, 3.05) is 80.3 Å². The van der Waals surface area contributed by atoms with E-state index in [1.165, 1.54) is 0 Å². The van der Waals surface area contributed by atoms with Crippen molar-refractivity contribution in [2.24, 2.45) is 0 Å². The fourth-order valence-electron chi connectivity index (χ4n) is 11.6. The van der Waals surface area contributed by atoms with E-state index < -0.39 is 60.6 Å². The van der Waals surface area contributed by atoms with Crippen molar-refractivity contribution in [3.05, 3.63) is 262 Å². The van der Waals surface area contributed by atoms with E-state index in [9.17, 15) is 27.6 Å². The first kappa shape index (κ1) is 84.2. The van der Waals surface area contributed by atoms with E-state index in [1.54, 1.807) is 108 Å². The first-order valence-corrected chi connectivity index (χ1v) is 42.9. The molecule has 558 valence electrons. The van der Waals surface area contributed by atoms with Crippen molar-refractivity contribution >= 4 is 44.3 Å². The Hall–Kier alpha value is -7.08. The maximum atomic E-state index is 14.1. The van der Waals surface area contributed by atoms with Gasteiger partial charge < -0.3 is 59.1 Å². The van der Waals surface area contributed by atoms with Crippen LogP contribution in [0, 0.1) is 0 Å². The van der Waals surface area contributed by atoms with Gasteiger partial charge in [-0.2, -0.15) is 0 Å². The third-order valence-electron chi connectivity index (χ3n) is 15.9. The van der Waals surface area contributed by atoms with Gasteiger partial charge in [0.25, 0.3) is 0 Å². The fraction of sp³-hybridized carbons (Fsp3) is 0.346. The topological polar surface area (TPSA) is 252 Å². The highest BCUT2D eigenvalue weighted by atomic mass is 31.2. The number of aromatic nitrogens is 2. The van der Waals surface area contributed by atoms with E-state index in [2.05, 4.69) is 10.2 Å². The molecule has 21 nitrogen and oxygen atoms in total. The highest BCUT2D eigenvalue weighted by Gasteiger charge is 2.43. The van der Waals surface area contributed by atoms with Gasteiger partial charge in [-0.1, -0.05) is 158 Å². The summed E-state index contributed by atoms with van der Waals surface area (Å²) in [6.07, 6.45) is 0.980. The quantitative estimate of drug-likeness (QED) is 0.0256. The van der Waals surface area contributed by atoms with Crippen LogP contribution in [-0.4, -0.2) is 96.8 Å². The summed E-state index contributed by atoms with van der Waals surface area (Å²) in [6.45, 7) is 20.6. The molecule has 0 fully saturated rings. The molecule has 0 saturated heterocycles. The molecule has 0 bridgehead atoms. The average Bonchev–Trinajstić information content (AvgIpc) is 0.921. The zero-order chi connectivity index (χ0) is 75.2. The van der Waals surface area contributed by atoms with E-state index in [0.29, 0.717) is 42.1 Å². The Morgan fingerprint density at radius 2 is 0.558 bits per heavy atom. The number of nitrogens with zero attached hydrogens (tertiary/aromatic N) is 2. The van der Waals surface area contributed by atoms with Crippen LogP contribution in [0.15, 0.2) is 211 Å². The summed E-state index contributed by atoms with van der Waals surface area (Å²) in [4.78, 5) is 10.7. The Bertz CT molecular complexity index is 4020. The summed E-state index contributed by atoms with van der Waals surface area (Å²) in [5, 5.41) is 8.14. The fourth-order valence-corrected chi connectivity index (χ4v) is 22.0. The van der Waals surface area contributed by atoms with Gasteiger partial charge in [0, 0.05) is 16.7 Å². The van der Waals surface area contributed by atoms with Gasteiger partial charge in [0.15, 0.2) is 0 Å². The summed E-state index contributed by atoms with van der Waals surface area (Å²) in [5.41, 5.74) is 6.54. The van der Waals surface area contributed by atoms with Crippen molar-refractivity contribution in [3.63, 3.8) is 0 Å². The molecule has 0 aliphatic heterocycles. The second-order valence-corrected chi connectivity index (χ2v) is 33.3. The Morgan fingerprint density at radius 1 is 0.317 bits per heavy atom. The molecule has 0 N–H and O–H groups in total. The molecule has 4 atom stereocenters. The van der Waals surface area contributed by atoms with Crippen LogP contribution in [0.25, 0.3) is 22.9 Å². The normalized spacial score (nSPS) is 13.1. The van der Waals surface area contributed by atoms with Crippen molar-refractivity contribution in [2.45, 2.75) is 98.0 Å². The molecule has 0 saturated carbocycles. The van der Waals surface area contributed by atoms with Crippen LogP contribution >= 0.6 is 38.0 Å². The highest BCUT2D eigenvalue weighted by molar-refractivity contribution is 7.55. The van der Waals surface area contributed by atoms with Crippen LogP contribution in [0.1, 0.15) is 152 Å². The molecule has 0 aliphatic carbocycles. The largest absolute Gasteiger partial charge is 0.497 e. The Labute approximate surface area is 612 Å². The smallest absolute Gasteiger partial charge is 0.342 e. The number of hydrogen-bond donors (Lipinski definition) is 0. The van der Waals surface area contributed by atoms with E-state index in [-0.39, 0.29) is 59.0 Å². The molecule has 0 aliphatic rings. The Morgan fingerprint density at radius 3 is 0.798 bits per heavy atom. The second kappa shape index (κ2) is 41.7. The van der Waals surface area contributed by atoms with Gasteiger partial charge in [0.05, 0.1) is 86.5 Å². The van der Waals surface area contributed by atoms with Crippen molar-refractivity contribution in [1.29, 1.82) is 0 Å². The minimum Gasteiger partial charge on any atom is -0.497 e. The standard InChI is InChI=1S/C30H40O8P2.C28H36O6P2.C20H21N2O5P/c1-7-35-39(31,36-8-2)29(25-15-19-27(33-5)20-16-25)23-11-13-24(14-12-23)30(40(32,37-9-3)38-10-4)26-17-21-28(34-6)22-18-26;1-5-31-35(29,32-6-2)27(23-15-11-9-12-16-23)25-19-21-26(22-20-25)28(24-17-13-10-14-18-24)36(30,33-7-3)34-8-4;1-3-25-28(24,26-4-2)14-16-7-11-18(12-8-16)20-22-21-19(27-20)17-9-5-15(13-23)6-10-17/h11-22,29-30H,7-10H2,1-6H3;9-22,27-28H,5-8H2,1-4H3;5-13H,3-4,14H2,1-2H3. The highest BCUT2D eigenvalue weighted by Crippen LogP contribution is 2.68. The van der Waals surface area contributed by atoms with Crippen LogP contribution in [0.3, 0.4) is 0 Å². The van der Waals surface area contributed by atoms with Crippen LogP contribution in [0.5, 0.6) is 11.5 Å². The molecule has 0 radical (unpaired) electrons. The SMILES string of the molecule is CCOP(=O)(Cc1ccc(-c2nnc(-c3ccc(C=O)cc3)o2)cc1)OCC.CCOP(=O)(OCC)C(c1ccc(OC)cc1)c1ccc(C(c2ccc(OC)cc2)P(=O)(OCC)OCC)cc1.CCOP(=O)(OCC)C(c1ccccc1)c1ccc(C(c2ccccc2)P(=O)(OCC)OCC)cc1. The Balaban J connectivity index is 0.000000221. The molecule has 0 amide bonds. The predicted molar refractivity (Wildman–Crippen MR) is 408 cm³/mol. The van der Waals surface area contributed by atoms with Crippen molar-refractivity contribution in [1.82, 2.24) is 10.2 Å². The zero-order valence-corrected chi connectivity index (χ0v) is 65.7. The van der Waals surface area contributed by atoms with E-state index in [0.717, 1.165) is 67.5 Å². The lowest BCUT2D eigenvalue weighted by Gasteiger charge is -2.29. The van der Waals surface area contributed by atoms with E-state index in [4.69, 9.17) is 59.1 Å². The maximum absolute atomic E-state index is 14.1. The van der Waals surface area contributed by atoms with Gasteiger partial charge in [-0.15, -0.1) is 10.2 Å². The van der Waals surface area contributed by atoms with Gasteiger partial charge >= 0.3 is 38.0 Å². The van der Waals surface area contributed by atoms with Crippen molar-refractivity contribution in [3.8, 4) is 34.4 Å². The molecule has 9 aromatic rings. The van der Waals surface area contributed by atoms with E-state index >= 15 is 0 Å². The van der Waals surface area contributed by atoms with Gasteiger partial charge in [-0.25, -0.2) is 0 Å². The molecule has 8 aromatic carbocycles. The molecule has 4 unspecified atom stereocenters. The predicted octanol–water partition coefficient (Wildman–Crippen LogP) is 21.8. The van der Waals surface area contributed by atoms with Gasteiger partial charge in [0.1, 0.15) is 40.4 Å². The minimum absolute atomic E-state index is 0.202. The number of aldehydes is 1. The summed E-state index contributed by atoms with van der Waals surface area (Å²) in [5.74, 6) is 2.11. The van der Waals surface area contributed by atoms with E-state index in [1.807, 2.05) is 182 Å². The summed E-state index contributed by atoms with van der Waals surface area (Å²) < 4.78 is 142. The molecule has 104 heavy (non-hydrogen) atoms. The monoisotopic (exact) mass is 1520 g/mol. The number of hydrogen-bond acceptors (Lipinski definition) is 21. The molecule has 0 spiro atoms. The van der Waals surface area contributed by atoms with Crippen LogP contribution in [0.2, 0.25) is 0 Å². The zero-order valence-electron chi connectivity index (χ0n) is 61.2. The molecular weight excluding hydrogens is 1420 g/mol. The number of carbonyl (C=O) groups is 1. The second-order valence-electron chi connectivity index (χ2n) is 22.8. The number of methoxy groups -OCH3 is 2. The van der Waals surface area contributed by atoms with Crippen LogP contribution < -0.4 is 9.47 Å². The molecule has 1 heterocycles. The minimum atomic E-state index is -3.62. The number of ether oxygens (including phenoxy) is 2. The molecule has 1 aromatic heterocycles. The average molecular weight is 1520 g/mol. The third-order valence-corrected chi connectivity index (χ3v) is 27.8. The summed E-state index contributed by atoms with van der Waals surface area (Å²) >= 11 is 0. The number of rotatable bonds is 39. The lowest BCUT2D eigenvalue weighted by Crippen LogP contribution is -2.11. The maximum Gasteiger partial charge on any atom is 0.342 e. The van der Waals surface area contributed by atoms with Gasteiger partial charge in [0.2, 0.25) is 11.8 Å².